The molecule has 3 unspecified atom stereocenters. The number of thioether (sulfide) groups is 1. The number of hydrogen-bond acceptors (Lipinski definition) is 7. The van der Waals surface area contributed by atoms with Gasteiger partial charge in [0.25, 0.3) is 0 Å². The number of fused-ring (bicyclic) bond motifs is 2. The van der Waals surface area contributed by atoms with E-state index in [4.69, 9.17) is 9.97 Å². The maximum absolute atomic E-state index is 13.3. The topological polar surface area (TPSA) is 124 Å². The molecule has 3 fully saturated rings. The molecule has 7 aromatic rings. The molecule has 3 aliphatic heterocycles. The first kappa shape index (κ1) is 32.8. The highest BCUT2D eigenvalue weighted by atomic mass is 32.2. The Labute approximate surface area is 316 Å². The van der Waals surface area contributed by atoms with Gasteiger partial charge in [0.15, 0.2) is 0 Å². The van der Waals surface area contributed by atoms with Gasteiger partial charge in [-0.2, -0.15) is 0 Å². The number of amides is 2. The molecule has 3 aromatic carbocycles. The van der Waals surface area contributed by atoms with Gasteiger partial charge in [0, 0.05) is 36.9 Å². The van der Waals surface area contributed by atoms with Crippen molar-refractivity contribution in [3.8, 4) is 22.3 Å². The summed E-state index contributed by atoms with van der Waals surface area (Å²) in [6.45, 7) is 1.51. The summed E-state index contributed by atoms with van der Waals surface area (Å²) in [5.74, 6) is 2.00. The number of aromatic nitrogens is 6. The number of nitrogens with zero attached hydrogens (tertiary/aromatic N) is 6. The number of hydrogen-bond donors (Lipinski definition) is 2. The lowest BCUT2D eigenvalue weighted by Gasteiger charge is -2.23. The van der Waals surface area contributed by atoms with E-state index >= 15 is 0 Å². The fraction of sp³-hybridized carbons (Fsp3) is 0.256. The van der Waals surface area contributed by atoms with Crippen molar-refractivity contribution in [3.63, 3.8) is 0 Å². The van der Waals surface area contributed by atoms with Crippen LogP contribution in [0.5, 0.6) is 0 Å². The Hall–Kier alpha value is -5.81. The van der Waals surface area contributed by atoms with Gasteiger partial charge in [-0.3, -0.25) is 19.6 Å². The highest BCUT2D eigenvalue weighted by Gasteiger charge is 2.64. The molecule has 0 saturated carbocycles. The van der Waals surface area contributed by atoms with E-state index in [9.17, 15) is 9.59 Å². The Bertz CT molecular complexity index is 2520. The summed E-state index contributed by atoms with van der Waals surface area (Å²) >= 11 is 1.84. The fourth-order valence-electron chi connectivity index (χ4n) is 8.40. The zero-order chi connectivity index (χ0) is 36.2. The molecule has 2 N–H and O–H groups in total. The van der Waals surface area contributed by atoms with Gasteiger partial charge in [-0.15, -0.1) is 11.8 Å². The van der Waals surface area contributed by atoms with Crippen LogP contribution >= 0.6 is 11.8 Å². The van der Waals surface area contributed by atoms with Crippen LogP contribution in [0.2, 0.25) is 0 Å². The molecule has 10 nitrogen and oxygen atoms in total. The van der Waals surface area contributed by atoms with E-state index < -0.39 is 0 Å². The van der Waals surface area contributed by atoms with Crippen LogP contribution in [-0.4, -0.2) is 69.5 Å². The number of pyridine rings is 2. The molecule has 268 valence electrons. The zero-order valence-electron chi connectivity index (χ0n) is 29.6. The summed E-state index contributed by atoms with van der Waals surface area (Å²) in [7, 11) is 0. The molecule has 3 atom stereocenters. The van der Waals surface area contributed by atoms with Gasteiger partial charge < -0.3 is 19.8 Å². The van der Waals surface area contributed by atoms with Crippen molar-refractivity contribution < 1.29 is 9.59 Å². The predicted molar refractivity (Wildman–Crippen MR) is 210 cm³/mol. The Morgan fingerprint density at radius 3 is 1.91 bits per heavy atom. The third kappa shape index (κ3) is 5.92. The number of benzene rings is 3. The first-order valence-electron chi connectivity index (χ1n) is 18.7. The van der Waals surface area contributed by atoms with Crippen molar-refractivity contribution >= 4 is 45.6 Å². The molecule has 10 rings (SSSR count). The smallest absolute Gasteiger partial charge is 0.229 e. The molecular weight excluding hydrogens is 693 g/mol. The summed E-state index contributed by atoms with van der Waals surface area (Å²) in [6.07, 6.45) is 7.92. The molecule has 54 heavy (non-hydrogen) atoms. The number of H-pyrrole nitrogens is 2. The highest BCUT2D eigenvalue weighted by molar-refractivity contribution is 8.08. The zero-order valence-corrected chi connectivity index (χ0v) is 30.4. The van der Waals surface area contributed by atoms with Gasteiger partial charge in [-0.05, 0) is 96.5 Å². The Kier molecular flexibility index (Phi) is 8.05. The summed E-state index contributed by atoms with van der Waals surface area (Å²) < 4.78 is 0. The van der Waals surface area contributed by atoms with Crippen molar-refractivity contribution in [3.05, 3.63) is 132 Å². The second-order valence-corrected chi connectivity index (χ2v) is 15.9. The van der Waals surface area contributed by atoms with Crippen LogP contribution in [0.4, 0.5) is 0 Å². The molecule has 2 amide bonds. The number of carbonyl (C=O) groups is 2. The van der Waals surface area contributed by atoms with Crippen LogP contribution in [0, 0.1) is 0 Å². The average Bonchev–Trinajstić information content (AvgIpc) is 3.74. The average molecular weight is 731 g/mol. The Balaban J connectivity index is 0.835. The van der Waals surface area contributed by atoms with Crippen LogP contribution < -0.4 is 0 Å². The lowest BCUT2D eigenvalue weighted by atomic mass is 10.00. The summed E-state index contributed by atoms with van der Waals surface area (Å²) in [5.41, 5.74) is 9.84. The van der Waals surface area contributed by atoms with Gasteiger partial charge in [-0.25, -0.2) is 9.97 Å². The van der Waals surface area contributed by atoms with Crippen molar-refractivity contribution in [2.24, 2.45) is 0 Å². The van der Waals surface area contributed by atoms with Crippen molar-refractivity contribution in [2.75, 3.05) is 13.1 Å². The molecular formula is C43H38N8O2S. The molecule has 3 saturated heterocycles. The van der Waals surface area contributed by atoms with E-state index in [1.54, 1.807) is 12.4 Å². The number of rotatable bonds is 8. The van der Waals surface area contributed by atoms with E-state index in [2.05, 4.69) is 85.5 Å². The second-order valence-electron chi connectivity index (χ2n) is 14.5. The van der Waals surface area contributed by atoms with Gasteiger partial charge in [0.1, 0.15) is 16.5 Å². The SMILES string of the molecule is O=C(Cc1ccccn1)N1CCCC1c1nc2ccc(-c3ccc(-c4ccc5nc(C6SC67CCCN7C(=O)Cc6ccccn6)[nH]c5c4)cc3)cc2[nH]1. The lowest BCUT2D eigenvalue weighted by molar-refractivity contribution is -0.132. The summed E-state index contributed by atoms with van der Waals surface area (Å²) in [4.78, 5) is 56.2. The van der Waals surface area contributed by atoms with E-state index in [1.165, 1.54) is 0 Å². The summed E-state index contributed by atoms with van der Waals surface area (Å²) in [5, 5.41) is 0.142. The largest absolute Gasteiger partial charge is 0.341 e. The molecule has 0 radical (unpaired) electrons. The standard InChI is InChI=1S/C43H38N8O2S/c52-38(25-31-7-1-3-19-44-31)50-21-5-9-37(50)41-46-33-16-14-29(23-35(33)48-41)27-10-12-28(13-11-27)30-15-17-34-36(24-30)49-42(47-34)40-43(54-40)18-6-22-51(43)39(53)26-32-8-2-4-20-45-32/h1-4,7-8,10-17,19-20,23-24,37,40H,5-6,9,18,21-22,25-26H2,(H,46,48)(H,47,49). The maximum atomic E-state index is 13.3. The quantitative estimate of drug-likeness (QED) is 0.153. The first-order chi connectivity index (χ1) is 26.5. The molecule has 0 aliphatic carbocycles. The highest BCUT2D eigenvalue weighted by Crippen LogP contribution is 2.70. The van der Waals surface area contributed by atoms with Gasteiger partial charge >= 0.3 is 0 Å². The molecule has 3 aliphatic rings. The van der Waals surface area contributed by atoms with Crippen LogP contribution in [0.15, 0.2) is 109 Å². The van der Waals surface area contributed by atoms with E-state index in [0.29, 0.717) is 12.8 Å². The number of imidazole rings is 2. The number of aromatic amines is 2. The molecule has 0 bridgehead atoms. The minimum absolute atomic E-state index is 0.0620. The first-order valence-corrected chi connectivity index (χ1v) is 19.6. The van der Waals surface area contributed by atoms with E-state index in [-0.39, 0.29) is 28.0 Å². The van der Waals surface area contributed by atoms with Crippen LogP contribution in [0.25, 0.3) is 44.3 Å². The van der Waals surface area contributed by atoms with Crippen LogP contribution in [0.1, 0.15) is 60.0 Å². The predicted octanol–water partition coefficient (Wildman–Crippen LogP) is 7.82. The van der Waals surface area contributed by atoms with Crippen LogP contribution in [-0.2, 0) is 22.4 Å². The van der Waals surface area contributed by atoms with Crippen molar-refractivity contribution in [2.45, 2.75) is 54.7 Å². The second kappa shape index (κ2) is 13.2. The molecule has 11 heteroatoms. The van der Waals surface area contributed by atoms with E-state index in [0.717, 1.165) is 106 Å². The minimum atomic E-state index is -0.213. The minimum Gasteiger partial charge on any atom is -0.341 e. The van der Waals surface area contributed by atoms with Gasteiger partial charge in [0.2, 0.25) is 11.8 Å². The van der Waals surface area contributed by atoms with Crippen molar-refractivity contribution in [1.82, 2.24) is 39.7 Å². The molecule has 7 heterocycles. The van der Waals surface area contributed by atoms with Crippen LogP contribution in [0.3, 0.4) is 0 Å². The summed E-state index contributed by atoms with van der Waals surface area (Å²) in [6, 6.07) is 32.7. The lowest BCUT2D eigenvalue weighted by Crippen LogP contribution is -2.39. The number of carbonyl (C=O) groups excluding carboxylic acids is 2. The Morgan fingerprint density at radius 2 is 1.28 bits per heavy atom. The van der Waals surface area contributed by atoms with Gasteiger partial charge in [0.05, 0.1) is 46.2 Å². The third-order valence-corrected chi connectivity index (χ3v) is 12.8. The molecule has 4 aromatic heterocycles. The van der Waals surface area contributed by atoms with E-state index in [1.807, 2.05) is 53.1 Å². The number of nitrogens with one attached hydrogen (secondary N) is 2. The van der Waals surface area contributed by atoms with Crippen molar-refractivity contribution in [1.29, 1.82) is 0 Å². The molecule has 1 spiro atoms. The third-order valence-electron chi connectivity index (χ3n) is 11.2. The maximum Gasteiger partial charge on any atom is 0.229 e. The monoisotopic (exact) mass is 730 g/mol. The normalized spacial score (nSPS) is 20.7. The fourth-order valence-corrected chi connectivity index (χ4v) is 9.90. The Morgan fingerprint density at radius 1 is 0.685 bits per heavy atom. The number of likely N-dealkylation sites (tertiary alicyclic amines) is 2. The van der Waals surface area contributed by atoms with Gasteiger partial charge in [-0.1, -0.05) is 48.5 Å².